The molecule has 0 saturated heterocycles. The summed E-state index contributed by atoms with van der Waals surface area (Å²) in [6.07, 6.45) is 1.42. The van der Waals surface area contributed by atoms with Gasteiger partial charge in [-0.1, -0.05) is 13.8 Å². The first-order chi connectivity index (χ1) is 9.15. The number of aromatic nitrogens is 2. The Balaban J connectivity index is 2.45. The monoisotopic (exact) mass is 257 g/mol. The van der Waals surface area contributed by atoms with Crippen molar-refractivity contribution in [2.45, 2.75) is 33.2 Å². The number of imidazole rings is 1. The minimum Gasteiger partial charge on any atom is -0.497 e. The molecule has 0 amide bonds. The Morgan fingerprint density at radius 2 is 2.21 bits per heavy atom. The minimum atomic E-state index is 0.342. The zero-order chi connectivity index (χ0) is 13.8. The van der Waals surface area contributed by atoms with E-state index in [2.05, 4.69) is 29.5 Å². The summed E-state index contributed by atoms with van der Waals surface area (Å²) < 4.78 is 7.37. The number of ether oxygens (including phenoxy) is 1. The van der Waals surface area contributed by atoms with E-state index < -0.39 is 0 Å². The van der Waals surface area contributed by atoms with Crippen LogP contribution in [0.1, 0.15) is 26.1 Å². The largest absolute Gasteiger partial charge is 0.497 e. The first kappa shape index (κ1) is 13.4. The molecule has 4 heteroatoms. The second-order valence-corrected chi connectivity index (χ2v) is 5.05. The van der Waals surface area contributed by atoms with Gasteiger partial charge in [-0.25, -0.2) is 4.98 Å². The summed E-state index contributed by atoms with van der Waals surface area (Å²) in [5.41, 5.74) is 1.97. The van der Waals surface area contributed by atoms with Crippen molar-refractivity contribution < 1.29 is 4.74 Å². The lowest BCUT2D eigenvalue weighted by molar-refractivity contribution is 0.415. The molecular weight excluding hydrogens is 238 g/mol. The molecule has 1 aromatic carbocycles. The van der Waals surface area contributed by atoms with E-state index in [0.29, 0.717) is 12.3 Å². The smallest absolute Gasteiger partial charge is 0.124 e. The Labute approximate surface area is 113 Å². The zero-order valence-corrected chi connectivity index (χ0v) is 11.7. The standard InChI is InChI=1S/C15H19N3O/c1-11(2)7-9-18-14-5-4-12(19-3)10-13(14)17-15(18)6-8-16/h4-5,10-11H,6-7,9H2,1-3H3. The summed E-state index contributed by atoms with van der Waals surface area (Å²) >= 11 is 0. The second-order valence-electron chi connectivity index (χ2n) is 5.05. The molecular formula is C15H19N3O. The van der Waals surface area contributed by atoms with Crippen LogP contribution in [0.4, 0.5) is 0 Å². The third-order valence-electron chi connectivity index (χ3n) is 3.20. The van der Waals surface area contributed by atoms with Crippen LogP contribution in [0, 0.1) is 17.2 Å². The van der Waals surface area contributed by atoms with E-state index in [4.69, 9.17) is 10.00 Å². The number of methoxy groups -OCH3 is 1. The molecule has 1 aromatic heterocycles. The molecule has 2 aromatic rings. The predicted octanol–water partition coefficient (Wildman–Crippen LogP) is 3.16. The molecule has 0 aliphatic heterocycles. The summed E-state index contributed by atoms with van der Waals surface area (Å²) in [5.74, 6) is 2.27. The Hall–Kier alpha value is -2.02. The highest BCUT2D eigenvalue weighted by Crippen LogP contribution is 2.23. The maximum atomic E-state index is 8.92. The van der Waals surface area contributed by atoms with Crippen molar-refractivity contribution in [3.63, 3.8) is 0 Å². The fourth-order valence-electron chi connectivity index (χ4n) is 2.13. The van der Waals surface area contributed by atoms with Crippen LogP contribution >= 0.6 is 0 Å². The van der Waals surface area contributed by atoms with Crippen LogP contribution in [0.5, 0.6) is 5.75 Å². The van der Waals surface area contributed by atoms with Gasteiger partial charge >= 0.3 is 0 Å². The fourth-order valence-corrected chi connectivity index (χ4v) is 2.13. The molecule has 0 saturated carbocycles. The van der Waals surface area contributed by atoms with E-state index in [-0.39, 0.29) is 0 Å². The summed E-state index contributed by atoms with van der Waals surface area (Å²) in [6, 6.07) is 8.06. The van der Waals surface area contributed by atoms with Gasteiger partial charge < -0.3 is 9.30 Å². The van der Waals surface area contributed by atoms with Crippen molar-refractivity contribution in [1.29, 1.82) is 5.26 Å². The van der Waals surface area contributed by atoms with Gasteiger partial charge in [-0.3, -0.25) is 0 Å². The van der Waals surface area contributed by atoms with Crippen LogP contribution in [0.2, 0.25) is 0 Å². The molecule has 0 aliphatic carbocycles. The van der Waals surface area contributed by atoms with Gasteiger partial charge in [0.2, 0.25) is 0 Å². The minimum absolute atomic E-state index is 0.342. The molecule has 2 rings (SSSR count). The van der Waals surface area contributed by atoms with Crippen LogP contribution in [0.15, 0.2) is 18.2 Å². The summed E-state index contributed by atoms with van der Waals surface area (Å²) in [6.45, 7) is 5.30. The second kappa shape index (κ2) is 5.75. The van der Waals surface area contributed by atoms with E-state index >= 15 is 0 Å². The van der Waals surface area contributed by atoms with E-state index in [1.807, 2.05) is 18.2 Å². The topological polar surface area (TPSA) is 50.8 Å². The summed E-state index contributed by atoms with van der Waals surface area (Å²) in [5, 5.41) is 8.92. The summed E-state index contributed by atoms with van der Waals surface area (Å²) in [4.78, 5) is 4.55. The quantitative estimate of drug-likeness (QED) is 0.826. The fraction of sp³-hybridized carbons (Fsp3) is 0.467. The number of rotatable bonds is 5. The van der Waals surface area contributed by atoms with Gasteiger partial charge in [0.25, 0.3) is 0 Å². The van der Waals surface area contributed by atoms with Crippen molar-refractivity contribution in [3.05, 3.63) is 24.0 Å². The molecule has 100 valence electrons. The highest BCUT2D eigenvalue weighted by molar-refractivity contribution is 5.77. The SMILES string of the molecule is COc1ccc2c(c1)nc(CC#N)n2CCC(C)C. The van der Waals surface area contributed by atoms with Crippen molar-refractivity contribution >= 4 is 11.0 Å². The van der Waals surface area contributed by atoms with Gasteiger partial charge in [-0.05, 0) is 24.5 Å². The number of nitrogens with zero attached hydrogens (tertiary/aromatic N) is 3. The maximum Gasteiger partial charge on any atom is 0.124 e. The van der Waals surface area contributed by atoms with Gasteiger partial charge in [0.05, 0.1) is 30.6 Å². The highest BCUT2D eigenvalue weighted by Gasteiger charge is 2.11. The Bertz CT molecular complexity index is 608. The molecule has 0 fully saturated rings. The lowest BCUT2D eigenvalue weighted by Crippen LogP contribution is -2.05. The average Bonchev–Trinajstić information content (AvgIpc) is 2.73. The van der Waals surface area contributed by atoms with Gasteiger partial charge in [0, 0.05) is 12.6 Å². The summed E-state index contributed by atoms with van der Waals surface area (Å²) in [7, 11) is 1.65. The number of hydrogen-bond donors (Lipinski definition) is 0. The number of benzene rings is 1. The van der Waals surface area contributed by atoms with Crippen LogP contribution in [0.25, 0.3) is 11.0 Å². The lowest BCUT2D eigenvalue weighted by atomic mass is 10.1. The Kier molecular flexibility index (Phi) is 4.06. The number of nitriles is 1. The first-order valence-corrected chi connectivity index (χ1v) is 6.55. The van der Waals surface area contributed by atoms with E-state index in [1.165, 1.54) is 0 Å². The van der Waals surface area contributed by atoms with Crippen molar-refractivity contribution in [3.8, 4) is 11.8 Å². The molecule has 1 heterocycles. The highest BCUT2D eigenvalue weighted by atomic mass is 16.5. The zero-order valence-electron chi connectivity index (χ0n) is 11.7. The van der Waals surface area contributed by atoms with Crippen LogP contribution < -0.4 is 4.74 Å². The molecule has 0 N–H and O–H groups in total. The van der Waals surface area contributed by atoms with E-state index in [0.717, 1.165) is 35.6 Å². The third kappa shape index (κ3) is 2.87. The lowest BCUT2D eigenvalue weighted by Gasteiger charge is -2.09. The molecule has 0 radical (unpaired) electrons. The Morgan fingerprint density at radius 3 is 2.84 bits per heavy atom. The number of hydrogen-bond acceptors (Lipinski definition) is 3. The molecule has 0 unspecified atom stereocenters. The molecule has 4 nitrogen and oxygen atoms in total. The van der Waals surface area contributed by atoms with Crippen LogP contribution in [-0.4, -0.2) is 16.7 Å². The number of aryl methyl sites for hydroxylation is 1. The Morgan fingerprint density at radius 1 is 1.42 bits per heavy atom. The predicted molar refractivity (Wildman–Crippen MR) is 75.1 cm³/mol. The molecule has 0 atom stereocenters. The molecule has 0 bridgehead atoms. The normalized spacial score (nSPS) is 10.9. The van der Waals surface area contributed by atoms with Gasteiger partial charge in [0.15, 0.2) is 0 Å². The number of fused-ring (bicyclic) bond motifs is 1. The average molecular weight is 257 g/mol. The van der Waals surface area contributed by atoms with Crippen LogP contribution in [-0.2, 0) is 13.0 Å². The van der Waals surface area contributed by atoms with Gasteiger partial charge in [-0.15, -0.1) is 0 Å². The third-order valence-corrected chi connectivity index (χ3v) is 3.20. The van der Waals surface area contributed by atoms with Gasteiger partial charge in [-0.2, -0.15) is 5.26 Å². The molecule has 19 heavy (non-hydrogen) atoms. The van der Waals surface area contributed by atoms with E-state index in [1.54, 1.807) is 7.11 Å². The van der Waals surface area contributed by atoms with Crippen molar-refractivity contribution in [1.82, 2.24) is 9.55 Å². The maximum absolute atomic E-state index is 8.92. The molecule has 0 spiro atoms. The van der Waals surface area contributed by atoms with E-state index in [9.17, 15) is 0 Å². The molecule has 0 aliphatic rings. The van der Waals surface area contributed by atoms with Crippen molar-refractivity contribution in [2.75, 3.05) is 7.11 Å². The first-order valence-electron chi connectivity index (χ1n) is 6.55. The van der Waals surface area contributed by atoms with Crippen molar-refractivity contribution in [2.24, 2.45) is 5.92 Å². The van der Waals surface area contributed by atoms with Gasteiger partial charge in [0.1, 0.15) is 11.6 Å². The van der Waals surface area contributed by atoms with Crippen LogP contribution in [0.3, 0.4) is 0 Å².